The molecule has 0 radical (unpaired) electrons. The summed E-state index contributed by atoms with van der Waals surface area (Å²) in [6.07, 6.45) is 7.10. The summed E-state index contributed by atoms with van der Waals surface area (Å²) in [5.74, 6) is -0.0266. The molecule has 1 fully saturated rings. The number of carbonyl (C=O) groups is 2. The van der Waals surface area contributed by atoms with Crippen molar-refractivity contribution in [2.75, 3.05) is 13.2 Å². The first kappa shape index (κ1) is 19.5. The van der Waals surface area contributed by atoms with Crippen LogP contribution in [-0.4, -0.2) is 36.0 Å². The summed E-state index contributed by atoms with van der Waals surface area (Å²) in [5, 5.41) is 0. The van der Waals surface area contributed by atoms with Crippen LogP contribution in [-0.2, 0) is 20.7 Å². The van der Waals surface area contributed by atoms with Crippen molar-refractivity contribution in [3.63, 3.8) is 0 Å². The van der Waals surface area contributed by atoms with Gasteiger partial charge < -0.3 is 9.64 Å². The Labute approximate surface area is 151 Å². The van der Waals surface area contributed by atoms with E-state index in [2.05, 4.69) is 31.2 Å². The largest absolute Gasteiger partial charge is 0.466 e. The fraction of sp³-hybridized carbons (Fsp3) is 0.619. The number of hydrogen-bond donors (Lipinski definition) is 0. The maximum Gasteiger partial charge on any atom is 0.307 e. The molecule has 0 heterocycles. The smallest absolute Gasteiger partial charge is 0.307 e. The molecule has 4 heteroatoms. The Morgan fingerprint density at radius 3 is 2.44 bits per heavy atom. The van der Waals surface area contributed by atoms with Gasteiger partial charge in [-0.3, -0.25) is 9.59 Å². The van der Waals surface area contributed by atoms with Gasteiger partial charge in [-0.25, -0.2) is 0 Å². The van der Waals surface area contributed by atoms with Gasteiger partial charge in [-0.15, -0.1) is 0 Å². The molecule has 1 aliphatic rings. The van der Waals surface area contributed by atoms with E-state index >= 15 is 0 Å². The van der Waals surface area contributed by atoms with Crippen LogP contribution in [0, 0.1) is 6.92 Å². The van der Waals surface area contributed by atoms with Crippen LogP contribution in [0.15, 0.2) is 24.3 Å². The highest BCUT2D eigenvalue weighted by atomic mass is 16.5. The topological polar surface area (TPSA) is 46.6 Å². The van der Waals surface area contributed by atoms with Crippen LogP contribution in [0.3, 0.4) is 0 Å². The summed E-state index contributed by atoms with van der Waals surface area (Å²) in [6.45, 7) is 4.78. The molecule has 2 rings (SSSR count). The minimum Gasteiger partial charge on any atom is -0.466 e. The Hall–Kier alpha value is -1.84. The molecule has 0 atom stereocenters. The first-order valence-corrected chi connectivity index (χ1v) is 9.60. The zero-order chi connectivity index (χ0) is 18.1. The van der Waals surface area contributed by atoms with Gasteiger partial charge in [0.1, 0.15) is 0 Å². The zero-order valence-corrected chi connectivity index (χ0v) is 15.6. The number of carbonyl (C=O) groups excluding carboxylic acids is 2. The van der Waals surface area contributed by atoms with Crippen LogP contribution < -0.4 is 0 Å². The highest BCUT2D eigenvalue weighted by molar-refractivity contribution is 5.77. The fourth-order valence-corrected chi connectivity index (χ4v) is 3.51. The average Bonchev–Trinajstić information content (AvgIpc) is 3.11. The van der Waals surface area contributed by atoms with Crippen molar-refractivity contribution in [3.05, 3.63) is 35.4 Å². The maximum atomic E-state index is 12.7. The van der Waals surface area contributed by atoms with E-state index in [4.69, 9.17) is 4.74 Å². The van der Waals surface area contributed by atoms with E-state index in [1.165, 1.54) is 24.0 Å². The quantitative estimate of drug-likeness (QED) is 0.635. The van der Waals surface area contributed by atoms with Crippen LogP contribution >= 0.6 is 0 Å². The number of benzene rings is 1. The van der Waals surface area contributed by atoms with Gasteiger partial charge in [0.2, 0.25) is 5.91 Å². The second kappa shape index (κ2) is 10.2. The van der Waals surface area contributed by atoms with Gasteiger partial charge in [-0.05, 0) is 45.1 Å². The summed E-state index contributed by atoms with van der Waals surface area (Å²) in [6, 6.07) is 8.80. The van der Waals surface area contributed by atoms with E-state index in [0.717, 1.165) is 25.7 Å². The first-order valence-electron chi connectivity index (χ1n) is 9.60. The van der Waals surface area contributed by atoms with E-state index in [9.17, 15) is 9.59 Å². The Morgan fingerprint density at radius 2 is 1.80 bits per heavy atom. The van der Waals surface area contributed by atoms with Gasteiger partial charge in [0.25, 0.3) is 0 Å². The van der Waals surface area contributed by atoms with Crippen LogP contribution in [0.25, 0.3) is 0 Å². The molecule has 0 bridgehead atoms. The SMILES string of the molecule is CCOC(=O)CCN(C(=O)CCCc1ccc(C)cc1)C1CCCC1. The van der Waals surface area contributed by atoms with Crippen LogP contribution in [0.5, 0.6) is 0 Å². The lowest BCUT2D eigenvalue weighted by Crippen LogP contribution is -2.40. The molecule has 0 spiro atoms. The molecule has 0 aliphatic heterocycles. The molecule has 138 valence electrons. The minimum atomic E-state index is -0.210. The predicted molar refractivity (Wildman–Crippen MR) is 99.3 cm³/mol. The van der Waals surface area contributed by atoms with E-state index in [1.54, 1.807) is 0 Å². The van der Waals surface area contributed by atoms with Gasteiger partial charge in [0.15, 0.2) is 0 Å². The molecule has 0 saturated heterocycles. The van der Waals surface area contributed by atoms with Crippen molar-refractivity contribution in [3.8, 4) is 0 Å². The van der Waals surface area contributed by atoms with E-state index < -0.39 is 0 Å². The van der Waals surface area contributed by atoms with Gasteiger partial charge in [0, 0.05) is 19.0 Å². The monoisotopic (exact) mass is 345 g/mol. The summed E-state index contributed by atoms with van der Waals surface area (Å²) in [5.41, 5.74) is 2.53. The van der Waals surface area contributed by atoms with Crippen molar-refractivity contribution < 1.29 is 14.3 Å². The lowest BCUT2D eigenvalue weighted by Gasteiger charge is -2.29. The minimum absolute atomic E-state index is 0.184. The van der Waals surface area contributed by atoms with Gasteiger partial charge in [-0.2, -0.15) is 0 Å². The highest BCUT2D eigenvalue weighted by Gasteiger charge is 2.26. The number of nitrogens with zero attached hydrogens (tertiary/aromatic N) is 1. The molecule has 1 saturated carbocycles. The lowest BCUT2D eigenvalue weighted by atomic mass is 10.1. The van der Waals surface area contributed by atoms with E-state index in [-0.39, 0.29) is 11.9 Å². The molecule has 0 aromatic heterocycles. The van der Waals surface area contributed by atoms with Crippen LogP contribution in [0.2, 0.25) is 0 Å². The second-order valence-corrected chi connectivity index (χ2v) is 6.92. The maximum absolute atomic E-state index is 12.7. The average molecular weight is 345 g/mol. The third-order valence-corrected chi connectivity index (χ3v) is 4.92. The van der Waals surface area contributed by atoms with Gasteiger partial charge in [0.05, 0.1) is 13.0 Å². The molecule has 0 unspecified atom stereocenters. The van der Waals surface area contributed by atoms with Crippen molar-refractivity contribution in [2.24, 2.45) is 0 Å². The molecule has 1 aromatic carbocycles. The fourth-order valence-electron chi connectivity index (χ4n) is 3.51. The van der Waals surface area contributed by atoms with Crippen molar-refractivity contribution in [1.29, 1.82) is 0 Å². The van der Waals surface area contributed by atoms with Gasteiger partial charge in [-0.1, -0.05) is 42.7 Å². The van der Waals surface area contributed by atoms with E-state index in [0.29, 0.717) is 32.0 Å². The molecular weight excluding hydrogens is 314 g/mol. The molecule has 0 N–H and O–H groups in total. The summed E-state index contributed by atoms with van der Waals surface area (Å²) >= 11 is 0. The van der Waals surface area contributed by atoms with Crippen molar-refractivity contribution in [2.45, 2.75) is 71.3 Å². The normalized spacial score (nSPS) is 14.5. The highest BCUT2D eigenvalue weighted by Crippen LogP contribution is 2.24. The standard InChI is InChI=1S/C21H31NO3/c1-3-25-21(24)15-16-22(19-8-4-5-9-19)20(23)10-6-7-18-13-11-17(2)12-14-18/h11-14,19H,3-10,15-16H2,1-2H3. The summed E-state index contributed by atoms with van der Waals surface area (Å²) in [4.78, 5) is 26.3. The molecule has 4 nitrogen and oxygen atoms in total. The van der Waals surface area contributed by atoms with Crippen molar-refractivity contribution in [1.82, 2.24) is 4.90 Å². The number of esters is 1. The lowest BCUT2D eigenvalue weighted by molar-refractivity contribution is -0.144. The third kappa shape index (κ3) is 6.52. The first-order chi connectivity index (χ1) is 12.1. The second-order valence-electron chi connectivity index (χ2n) is 6.92. The molecule has 1 amide bonds. The number of aryl methyl sites for hydroxylation is 2. The predicted octanol–water partition coefficient (Wildman–Crippen LogP) is 4.04. The van der Waals surface area contributed by atoms with Crippen LogP contribution in [0.4, 0.5) is 0 Å². The van der Waals surface area contributed by atoms with Crippen LogP contribution in [0.1, 0.15) is 63.0 Å². The number of hydrogen-bond acceptors (Lipinski definition) is 3. The number of rotatable bonds is 9. The van der Waals surface area contributed by atoms with Crippen molar-refractivity contribution >= 4 is 11.9 Å². The molecular formula is C21H31NO3. The zero-order valence-electron chi connectivity index (χ0n) is 15.6. The van der Waals surface area contributed by atoms with Gasteiger partial charge >= 0.3 is 5.97 Å². The molecule has 1 aliphatic carbocycles. The molecule has 25 heavy (non-hydrogen) atoms. The Balaban J connectivity index is 1.83. The Morgan fingerprint density at radius 1 is 1.12 bits per heavy atom. The third-order valence-electron chi connectivity index (χ3n) is 4.92. The summed E-state index contributed by atoms with van der Waals surface area (Å²) in [7, 11) is 0. The Bertz CT molecular complexity index is 547. The number of amides is 1. The summed E-state index contributed by atoms with van der Waals surface area (Å²) < 4.78 is 5.01. The Kier molecular flexibility index (Phi) is 7.96. The van der Waals surface area contributed by atoms with E-state index in [1.807, 2.05) is 11.8 Å². The number of ether oxygens (including phenoxy) is 1. The molecule has 1 aromatic rings.